The molecule has 3 aromatic carbocycles. The lowest BCUT2D eigenvalue weighted by atomic mass is 9.94. The van der Waals surface area contributed by atoms with E-state index in [1.807, 2.05) is 6.92 Å². The molecule has 7 nitrogen and oxygen atoms in total. The largest absolute Gasteiger partial charge is 0.573 e. The number of aryl methyl sites for hydroxylation is 1. The van der Waals surface area contributed by atoms with Gasteiger partial charge in [-0.25, -0.2) is 0 Å². The van der Waals surface area contributed by atoms with Crippen LogP contribution in [0.1, 0.15) is 36.1 Å². The van der Waals surface area contributed by atoms with E-state index in [1.165, 1.54) is 19.2 Å². The monoisotopic (exact) mass is 541 g/mol. The van der Waals surface area contributed by atoms with Crippen LogP contribution in [-0.4, -0.2) is 36.9 Å². The molecule has 0 bridgehead atoms. The van der Waals surface area contributed by atoms with Crippen molar-refractivity contribution in [3.8, 4) is 17.2 Å². The molecule has 1 aliphatic rings. The third kappa shape index (κ3) is 5.84. The summed E-state index contributed by atoms with van der Waals surface area (Å²) in [5, 5.41) is 11.4. The Morgan fingerprint density at radius 2 is 1.72 bits per heavy atom. The smallest absolute Gasteiger partial charge is 0.507 e. The molecule has 1 fully saturated rings. The predicted molar refractivity (Wildman–Crippen MR) is 138 cm³/mol. The van der Waals surface area contributed by atoms with Gasteiger partial charge in [-0.3, -0.25) is 14.5 Å². The van der Waals surface area contributed by atoms with Crippen LogP contribution in [0.5, 0.6) is 17.2 Å². The first kappa shape index (κ1) is 27.6. The van der Waals surface area contributed by atoms with E-state index >= 15 is 0 Å². The van der Waals surface area contributed by atoms with Gasteiger partial charge in [-0.1, -0.05) is 19.1 Å². The summed E-state index contributed by atoms with van der Waals surface area (Å²) >= 11 is 0. The molecule has 0 radical (unpaired) electrons. The van der Waals surface area contributed by atoms with Crippen LogP contribution in [0.2, 0.25) is 0 Å². The highest BCUT2D eigenvalue weighted by Gasteiger charge is 2.47. The van der Waals surface area contributed by atoms with Gasteiger partial charge in [-0.2, -0.15) is 0 Å². The van der Waals surface area contributed by atoms with E-state index in [4.69, 9.17) is 9.47 Å². The van der Waals surface area contributed by atoms with Crippen LogP contribution in [0.4, 0.5) is 18.9 Å². The average Bonchev–Trinajstić information content (AvgIpc) is 3.17. The number of carbonyl (C=O) groups excluding carboxylic acids is 2. The number of anilines is 1. The average molecular weight is 542 g/mol. The number of ketones is 1. The van der Waals surface area contributed by atoms with Crippen molar-refractivity contribution in [2.75, 3.05) is 18.6 Å². The fourth-order valence-electron chi connectivity index (χ4n) is 4.36. The van der Waals surface area contributed by atoms with Gasteiger partial charge in [0.05, 0.1) is 25.3 Å². The van der Waals surface area contributed by atoms with E-state index in [1.54, 1.807) is 49.4 Å². The maximum absolute atomic E-state index is 13.4. The molecular weight excluding hydrogens is 515 g/mol. The summed E-state index contributed by atoms with van der Waals surface area (Å²) in [6.07, 6.45) is -4.07. The second-order valence-electron chi connectivity index (χ2n) is 8.82. The van der Waals surface area contributed by atoms with Gasteiger partial charge in [-0.05, 0) is 79.1 Å². The highest BCUT2D eigenvalue weighted by atomic mass is 19.4. The number of aliphatic hydroxyl groups excluding tert-OH is 1. The van der Waals surface area contributed by atoms with Crippen LogP contribution in [0.25, 0.3) is 5.76 Å². The molecule has 39 heavy (non-hydrogen) atoms. The lowest BCUT2D eigenvalue weighted by molar-refractivity contribution is -0.274. The van der Waals surface area contributed by atoms with Gasteiger partial charge in [0.15, 0.2) is 0 Å². The number of carbonyl (C=O) groups is 2. The summed E-state index contributed by atoms with van der Waals surface area (Å²) in [6, 6.07) is 15.0. The van der Waals surface area contributed by atoms with Crippen LogP contribution in [0, 0.1) is 6.92 Å². The number of hydrogen-bond donors (Lipinski definition) is 1. The zero-order valence-electron chi connectivity index (χ0n) is 21.4. The number of halogens is 3. The van der Waals surface area contributed by atoms with Crippen LogP contribution in [-0.2, 0) is 9.59 Å². The van der Waals surface area contributed by atoms with Crippen molar-refractivity contribution >= 4 is 23.1 Å². The van der Waals surface area contributed by atoms with Gasteiger partial charge in [-0.15, -0.1) is 13.2 Å². The number of alkyl halides is 3. The van der Waals surface area contributed by atoms with E-state index in [2.05, 4.69) is 4.74 Å². The summed E-state index contributed by atoms with van der Waals surface area (Å²) in [4.78, 5) is 27.8. The molecule has 0 aromatic heterocycles. The van der Waals surface area contributed by atoms with Crippen molar-refractivity contribution in [3.63, 3.8) is 0 Å². The number of Topliss-reactive ketones (excluding diaryl/α,β-unsaturated/α-hetero) is 1. The number of methoxy groups -OCH3 is 1. The fourth-order valence-corrected chi connectivity index (χ4v) is 4.36. The van der Waals surface area contributed by atoms with Gasteiger partial charge >= 0.3 is 6.36 Å². The van der Waals surface area contributed by atoms with Crippen molar-refractivity contribution in [2.24, 2.45) is 0 Å². The van der Waals surface area contributed by atoms with Gasteiger partial charge in [0.1, 0.15) is 23.0 Å². The van der Waals surface area contributed by atoms with E-state index < -0.39 is 35.6 Å². The first-order chi connectivity index (χ1) is 18.5. The van der Waals surface area contributed by atoms with Crippen molar-refractivity contribution in [1.82, 2.24) is 0 Å². The number of rotatable bonds is 8. The molecule has 1 amide bonds. The maximum atomic E-state index is 13.4. The molecule has 4 rings (SSSR count). The Hall–Kier alpha value is -4.47. The number of nitrogens with zero attached hydrogens (tertiary/aromatic N) is 1. The van der Waals surface area contributed by atoms with Gasteiger partial charge in [0.2, 0.25) is 0 Å². The Morgan fingerprint density at radius 3 is 2.33 bits per heavy atom. The molecule has 0 saturated carbocycles. The zero-order chi connectivity index (χ0) is 28.3. The van der Waals surface area contributed by atoms with Crippen molar-refractivity contribution < 1.29 is 42.1 Å². The Bertz CT molecular complexity index is 1420. The Balaban J connectivity index is 1.84. The maximum Gasteiger partial charge on any atom is 0.573 e. The van der Waals surface area contributed by atoms with Crippen LogP contribution in [0.15, 0.2) is 72.3 Å². The molecule has 1 heterocycles. The van der Waals surface area contributed by atoms with Crippen molar-refractivity contribution in [1.29, 1.82) is 0 Å². The molecule has 1 aliphatic heterocycles. The summed E-state index contributed by atoms with van der Waals surface area (Å²) < 4.78 is 52.9. The van der Waals surface area contributed by atoms with E-state index in [0.717, 1.165) is 29.0 Å². The standard InChI is InChI=1S/C29H26F3NO6/c1-4-14-38-23-13-8-19(15-17(23)2)26(34)24-25(18-6-5-7-22(16-18)37-3)33(28(36)27(24)35)20-9-11-21(12-10-20)39-29(30,31)32/h5-13,15-16,25,34H,4,14H2,1-3H3/b26-24-. The molecule has 1 N–H and O–H groups in total. The molecule has 1 saturated heterocycles. The van der Waals surface area contributed by atoms with E-state index in [9.17, 15) is 27.9 Å². The highest BCUT2D eigenvalue weighted by molar-refractivity contribution is 6.51. The summed E-state index contributed by atoms with van der Waals surface area (Å²) in [5.74, 6) is -1.71. The van der Waals surface area contributed by atoms with Crippen molar-refractivity contribution in [3.05, 3.63) is 89.0 Å². The molecule has 10 heteroatoms. The number of benzene rings is 3. The third-order valence-corrected chi connectivity index (χ3v) is 6.11. The van der Waals surface area contributed by atoms with Gasteiger partial charge < -0.3 is 19.3 Å². The number of aliphatic hydroxyl groups is 1. The highest BCUT2D eigenvalue weighted by Crippen LogP contribution is 2.43. The summed E-state index contributed by atoms with van der Waals surface area (Å²) in [6.45, 7) is 4.29. The molecule has 0 aliphatic carbocycles. The molecule has 0 spiro atoms. The van der Waals surface area contributed by atoms with Gasteiger partial charge in [0, 0.05) is 11.3 Å². The van der Waals surface area contributed by atoms with E-state index in [-0.39, 0.29) is 11.3 Å². The number of ether oxygens (including phenoxy) is 3. The number of hydrogen-bond acceptors (Lipinski definition) is 6. The van der Waals surface area contributed by atoms with Crippen LogP contribution in [0.3, 0.4) is 0 Å². The van der Waals surface area contributed by atoms with Gasteiger partial charge in [0.25, 0.3) is 11.7 Å². The van der Waals surface area contributed by atoms with Crippen molar-refractivity contribution in [2.45, 2.75) is 32.7 Å². The zero-order valence-corrected chi connectivity index (χ0v) is 21.4. The lowest BCUT2D eigenvalue weighted by Crippen LogP contribution is -2.29. The quantitative estimate of drug-likeness (QED) is 0.204. The second kappa shape index (κ2) is 11.1. The topological polar surface area (TPSA) is 85.3 Å². The number of amides is 1. The minimum Gasteiger partial charge on any atom is -0.507 e. The Labute approximate surface area is 223 Å². The SMILES string of the molecule is CCCOc1ccc(/C(O)=C2/C(=O)C(=O)N(c3ccc(OC(F)(F)F)cc3)C2c2cccc(OC)c2)cc1C. The normalized spacial score (nSPS) is 16.9. The summed E-state index contributed by atoms with van der Waals surface area (Å²) in [5.41, 5.74) is 1.44. The fraction of sp³-hybridized carbons (Fsp3) is 0.241. The van der Waals surface area contributed by atoms with Crippen LogP contribution < -0.4 is 19.1 Å². The minimum atomic E-state index is -4.89. The lowest BCUT2D eigenvalue weighted by Gasteiger charge is -2.26. The first-order valence-corrected chi connectivity index (χ1v) is 12.1. The third-order valence-electron chi connectivity index (χ3n) is 6.11. The second-order valence-corrected chi connectivity index (χ2v) is 8.82. The predicted octanol–water partition coefficient (Wildman–Crippen LogP) is 6.32. The Kier molecular flexibility index (Phi) is 7.85. The first-order valence-electron chi connectivity index (χ1n) is 12.1. The molecule has 1 unspecified atom stereocenters. The van der Waals surface area contributed by atoms with E-state index in [0.29, 0.717) is 29.2 Å². The molecule has 1 atom stereocenters. The Morgan fingerprint density at radius 1 is 1.00 bits per heavy atom. The minimum absolute atomic E-state index is 0.137. The van der Waals surface area contributed by atoms with Crippen LogP contribution >= 0.6 is 0 Å². The molecular formula is C29H26F3NO6. The molecule has 3 aromatic rings. The summed E-state index contributed by atoms with van der Waals surface area (Å²) in [7, 11) is 1.46. The molecule has 204 valence electrons.